The number of rotatable bonds is 53. The second kappa shape index (κ2) is 51.6. The van der Waals surface area contributed by atoms with Crippen molar-refractivity contribution in [3.63, 3.8) is 0 Å². The molecule has 0 aromatic carbocycles. The van der Waals surface area contributed by atoms with E-state index in [9.17, 15) is 19.0 Å². The highest BCUT2D eigenvalue weighted by molar-refractivity contribution is 7.45. The van der Waals surface area contributed by atoms with Crippen molar-refractivity contribution >= 4 is 19.8 Å². The number of esters is 2. The predicted molar refractivity (Wildman–Crippen MR) is 296 cm³/mol. The molecule has 0 aliphatic heterocycles. The smallest absolute Gasteiger partial charge is 0.306 e. The summed E-state index contributed by atoms with van der Waals surface area (Å²) in [5.41, 5.74) is 0. The Morgan fingerprint density at radius 2 is 0.814 bits per heavy atom. The van der Waals surface area contributed by atoms with Gasteiger partial charge in [-0.25, -0.2) is 0 Å². The third-order valence-electron chi connectivity index (χ3n) is 12.5. The van der Waals surface area contributed by atoms with Crippen LogP contribution in [0.15, 0.2) is 60.8 Å². The summed E-state index contributed by atoms with van der Waals surface area (Å²) in [6.45, 7) is 4.13. The summed E-state index contributed by atoms with van der Waals surface area (Å²) in [6.07, 6.45) is 65.6. The van der Waals surface area contributed by atoms with Crippen LogP contribution in [-0.2, 0) is 32.7 Å². The average molecular weight is 1000 g/mol. The van der Waals surface area contributed by atoms with Crippen molar-refractivity contribution in [3.05, 3.63) is 60.8 Å². The molecule has 2 atom stereocenters. The fourth-order valence-corrected chi connectivity index (χ4v) is 8.78. The predicted octanol–water partition coefficient (Wildman–Crippen LogP) is 17.3. The van der Waals surface area contributed by atoms with Crippen LogP contribution in [0.2, 0.25) is 0 Å². The summed E-state index contributed by atoms with van der Waals surface area (Å²) in [6, 6.07) is 0. The maximum absolute atomic E-state index is 12.8. The van der Waals surface area contributed by atoms with Gasteiger partial charge in [0.25, 0.3) is 7.82 Å². The van der Waals surface area contributed by atoms with Gasteiger partial charge >= 0.3 is 11.9 Å². The number of unbranched alkanes of at least 4 members (excludes halogenated alkanes) is 29. The van der Waals surface area contributed by atoms with E-state index in [4.69, 9.17) is 18.5 Å². The second-order valence-corrected chi connectivity index (χ2v) is 22.0. The first-order valence-corrected chi connectivity index (χ1v) is 30.5. The monoisotopic (exact) mass is 1000 g/mol. The number of carbonyl (C=O) groups is 2. The molecule has 0 aromatic heterocycles. The minimum atomic E-state index is -4.64. The molecular formula is C60H110NO8P. The summed E-state index contributed by atoms with van der Waals surface area (Å²) in [7, 11) is 1.16. The van der Waals surface area contributed by atoms with Gasteiger partial charge in [-0.05, 0) is 77.0 Å². The van der Waals surface area contributed by atoms with Crippen molar-refractivity contribution in [3.8, 4) is 0 Å². The van der Waals surface area contributed by atoms with Gasteiger partial charge in [-0.15, -0.1) is 0 Å². The summed E-state index contributed by atoms with van der Waals surface area (Å²) in [4.78, 5) is 37.8. The molecule has 0 fully saturated rings. The SMILES string of the molecule is CC/C=C\C/C=C\C/C=C\C/C=C\CCCCCCCCC(=O)OC(COC(=O)CCCCCCCCCCCCCCCCC/C=C\CCCCCCCCCC)COP(=O)([O-])OCC[N+](C)(C)C. The Kier molecular flexibility index (Phi) is 49.9. The molecule has 0 bridgehead atoms. The highest BCUT2D eigenvalue weighted by atomic mass is 31.2. The molecule has 0 saturated carbocycles. The van der Waals surface area contributed by atoms with Gasteiger partial charge in [0.1, 0.15) is 19.8 Å². The summed E-state index contributed by atoms with van der Waals surface area (Å²) in [5.74, 6) is -0.844. The van der Waals surface area contributed by atoms with Crippen molar-refractivity contribution in [2.75, 3.05) is 47.5 Å². The van der Waals surface area contributed by atoms with Gasteiger partial charge in [-0.2, -0.15) is 0 Å². The molecule has 0 heterocycles. The second-order valence-electron chi connectivity index (χ2n) is 20.6. The van der Waals surface area contributed by atoms with Crippen molar-refractivity contribution in [2.24, 2.45) is 0 Å². The highest BCUT2D eigenvalue weighted by Gasteiger charge is 2.22. The molecule has 0 aliphatic carbocycles. The lowest BCUT2D eigenvalue weighted by Crippen LogP contribution is -2.37. The minimum absolute atomic E-state index is 0.0352. The molecule has 2 unspecified atom stereocenters. The zero-order chi connectivity index (χ0) is 51.3. The van der Waals surface area contributed by atoms with E-state index in [2.05, 4.69) is 74.6 Å². The number of likely N-dealkylation sites (N-methyl/N-ethyl adjacent to an activating group) is 1. The number of hydrogen-bond donors (Lipinski definition) is 0. The van der Waals surface area contributed by atoms with Crippen molar-refractivity contribution in [2.45, 2.75) is 264 Å². The molecule has 0 N–H and O–H groups in total. The van der Waals surface area contributed by atoms with Crippen LogP contribution in [-0.4, -0.2) is 70.0 Å². The molecule has 0 rings (SSSR count). The van der Waals surface area contributed by atoms with E-state index in [1.54, 1.807) is 0 Å². The van der Waals surface area contributed by atoms with E-state index < -0.39 is 26.5 Å². The van der Waals surface area contributed by atoms with E-state index in [0.717, 1.165) is 83.5 Å². The number of nitrogens with zero attached hydrogens (tertiary/aromatic N) is 1. The Labute approximate surface area is 432 Å². The number of quaternary nitrogens is 1. The lowest BCUT2D eigenvalue weighted by Gasteiger charge is -2.28. The van der Waals surface area contributed by atoms with Crippen LogP contribution in [0.5, 0.6) is 0 Å². The lowest BCUT2D eigenvalue weighted by molar-refractivity contribution is -0.870. The molecule has 9 nitrogen and oxygen atoms in total. The fourth-order valence-electron chi connectivity index (χ4n) is 8.05. The van der Waals surface area contributed by atoms with Gasteiger partial charge in [0.05, 0.1) is 27.7 Å². The van der Waals surface area contributed by atoms with Crippen LogP contribution in [0.1, 0.15) is 258 Å². The summed E-state index contributed by atoms with van der Waals surface area (Å²) in [5, 5.41) is 0. The molecular weight excluding hydrogens is 894 g/mol. The van der Waals surface area contributed by atoms with Crippen LogP contribution in [0, 0.1) is 0 Å². The number of allylic oxidation sites excluding steroid dienone is 10. The Bertz CT molecular complexity index is 1370. The number of phosphoric ester groups is 1. The zero-order valence-electron chi connectivity index (χ0n) is 46.2. The summed E-state index contributed by atoms with van der Waals surface area (Å²) >= 11 is 0. The Morgan fingerprint density at radius 3 is 1.23 bits per heavy atom. The van der Waals surface area contributed by atoms with E-state index in [-0.39, 0.29) is 32.0 Å². The standard InChI is InChI=1S/C60H110NO8P/c1-6-8-10-12-14-16-18-20-22-24-26-27-28-29-30-31-32-33-35-36-38-40-42-44-46-48-50-52-59(62)66-56-58(57-68-70(64,65)67-55-54-61(3,4)5)69-60(63)53-51-49-47-45-43-41-39-37-34-25-23-21-19-17-15-13-11-9-7-2/h9,11,15,17,21,23-24,26,34,37,58H,6-8,10,12-14,16,18-20,22,25,27-33,35-36,38-57H2,1-5H3/b11-9-,17-15-,23-21-,26-24-,37-34-. The number of carbonyl (C=O) groups excluding carboxylic acids is 2. The molecule has 0 aromatic rings. The minimum Gasteiger partial charge on any atom is -0.756 e. The quantitative estimate of drug-likeness (QED) is 0.0195. The number of phosphoric acid groups is 1. The van der Waals surface area contributed by atoms with Gasteiger partial charge in [0, 0.05) is 12.8 Å². The molecule has 0 spiro atoms. The van der Waals surface area contributed by atoms with Crippen LogP contribution in [0.4, 0.5) is 0 Å². The molecule has 0 radical (unpaired) electrons. The van der Waals surface area contributed by atoms with Crippen LogP contribution < -0.4 is 4.89 Å². The number of ether oxygens (including phenoxy) is 2. The lowest BCUT2D eigenvalue weighted by atomic mass is 10.0. The molecule has 70 heavy (non-hydrogen) atoms. The van der Waals surface area contributed by atoms with Gasteiger partial charge in [-0.3, -0.25) is 14.2 Å². The first kappa shape index (κ1) is 67.7. The summed E-state index contributed by atoms with van der Waals surface area (Å²) < 4.78 is 34.1. The van der Waals surface area contributed by atoms with Gasteiger partial charge < -0.3 is 27.9 Å². The molecule has 0 aliphatic rings. The Hall–Kier alpha value is -2.29. The highest BCUT2D eigenvalue weighted by Crippen LogP contribution is 2.38. The van der Waals surface area contributed by atoms with Crippen molar-refractivity contribution < 1.29 is 42.1 Å². The van der Waals surface area contributed by atoms with E-state index in [1.165, 1.54) is 141 Å². The zero-order valence-corrected chi connectivity index (χ0v) is 47.1. The first-order chi connectivity index (χ1) is 34.0. The molecule has 10 heteroatoms. The molecule has 0 amide bonds. The van der Waals surface area contributed by atoms with Crippen molar-refractivity contribution in [1.29, 1.82) is 0 Å². The maximum Gasteiger partial charge on any atom is 0.306 e. The van der Waals surface area contributed by atoms with Crippen LogP contribution in [0.25, 0.3) is 0 Å². The largest absolute Gasteiger partial charge is 0.756 e. The van der Waals surface area contributed by atoms with Crippen LogP contribution >= 0.6 is 7.82 Å². The first-order valence-electron chi connectivity index (χ1n) is 29.0. The topological polar surface area (TPSA) is 111 Å². The Balaban J connectivity index is 4.14. The van der Waals surface area contributed by atoms with E-state index in [1.807, 2.05) is 21.1 Å². The van der Waals surface area contributed by atoms with E-state index in [0.29, 0.717) is 17.4 Å². The van der Waals surface area contributed by atoms with Crippen molar-refractivity contribution in [1.82, 2.24) is 0 Å². The Morgan fingerprint density at radius 1 is 0.457 bits per heavy atom. The average Bonchev–Trinajstić information content (AvgIpc) is 3.32. The van der Waals surface area contributed by atoms with Gasteiger partial charge in [0.15, 0.2) is 6.10 Å². The van der Waals surface area contributed by atoms with Gasteiger partial charge in [0.2, 0.25) is 0 Å². The number of hydrogen-bond acceptors (Lipinski definition) is 8. The molecule has 0 saturated heterocycles. The van der Waals surface area contributed by atoms with E-state index >= 15 is 0 Å². The third-order valence-corrected chi connectivity index (χ3v) is 13.5. The molecule has 408 valence electrons. The maximum atomic E-state index is 12.8. The van der Waals surface area contributed by atoms with Gasteiger partial charge in [-0.1, -0.05) is 229 Å². The normalized spacial score (nSPS) is 13.7. The fraction of sp³-hybridized carbons (Fsp3) is 0.800. The third kappa shape index (κ3) is 55.0. The van der Waals surface area contributed by atoms with Crippen LogP contribution in [0.3, 0.4) is 0 Å².